The predicted molar refractivity (Wildman–Crippen MR) is 118 cm³/mol. The SMILES string of the molecule is COc1ccc(C=C2CCCCC2=NOCCCN2CCN(C)CC2)cc1OC. The number of oxime groups is 1. The molecule has 6 nitrogen and oxygen atoms in total. The highest BCUT2D eigenvalue weighted by Gasteiger charge is 2.15. The molecule has 0 radical (unpaired) electrons. The number of ether oxygens (including phenoxy) is 2. The van der Waals surface area contributed by atoms with E-state index in [0.29, 0.717) is 6.61 Å². The molecule has 1 heterocycles. The van der Waals surface area contributed by atoms with Crippen LogP contribution in [0.2, 0.25) is 0 Å². The van der Waals surface area contributed by atoms with E-state index in [0.717, 1.165) is 74.8 Å². The highest BCUT2D eigenvalue weighted by Crippen LogP contribution is 2.30. The summed E-state index contributed by atoms with van der Waals surface area (Å²) in [6.07, 6.45) is 7.62. The molecule has 1 saturated carbocycles. The Morgan fingerprint density at radius 3 is 2.52 bits per heavy atom. The van der Waals surface area contributed by atoms with Crippen molar-refractivity contribution in [3.8, 4) is 11.5 Å². The molecule has 0 spiro atoms. The van der Waals surface area contributed by atoms with Crippen molar-refractivity contribution in [2.45, 2.75) is 32.1 Å². The molecule has 0 unspecified atom stereocenters. The van der Waals surface area contributed by atoms with Crippen molar-refractivity contribution in [2.24, 2.45) is 5.16 Å². The van der Waals surface area contributed by atoms with E-state index in [4.69, 9.17) is 14.3 Å². The zero-order chi connectivity index (χ0) is 20.5. The molecular weight excluding hydrogens is 366 g/mol. The standard InChI is InChI=1S/C23H35N3O3/c1-25-12-14-26(15-13-25)11-6-16-29-24-21-8-5-4-7-20(21)17-19-9-10-22(27-2)23(18-19)28-3/h9-10,17-18H,4-8,11-16H2,1-3H3. The number of rotatable bonds is 8. The van der Waals surface area contributed by atoms with Crippen LogP contribution in [0, 0.1) is 0 Å². The first-order chi connectivity index (χ1) is 14.2. The highest BCUT2D eigenvalue weighted by atomic mass is 16.6. The minimum absolute atomic E-state index is 0.680. The lowest BCUT2D eigenvalue weighted by atomic mass is 9.91. The lowest BCUT2D eigenvalue weighted by Crippen LogP contribution is -2.44. The third kappa shape index (κ3) is 6.47. The molecule has 1 aliphatic carbocycles. The molecule has 3 rings (SSSR count). The summed E-state index contributed by atoms with van der Waals surface area (Å²) in [5, 5.41) is 4.50. The van der Waals surface area contributed by atoms with E-state index in [1.807, 2.05) is 12.1 Å². The second-order valence-electron chi connectivity index (χ2n) is 7.86. The van der Waals surface area contributed by atoms with Crippen LogP contribution in [0.25, 0.3) is 6.08 Å². The van der Waals surface area contributed by atoms with Gasteiger partial charge in [-0.1, -0.05) is 11.2 Å². The highest BCUT2D eigenvalue weighted by molar-refractivity contribution is 6.04. The Hall–Kier alpha value is -2.05. The van der Waals surface area contributed by atoms with Crippen molar-refractivity contribution in [2.75, 3.05) is 60.6 Å². The molecule has 160 valence electrons. The number of benzene rings is 1. The Labute approximate surface area is 175 Å². The van der Waals surface area contributed by atoms with Crippen molar-refractivity contribution in [1.82, 2.24) is 9.80 Å². The molecule has 1 aliphatic heterocycles. The Kier molecular flexibility index (Phi) is 8.38. The van der Waals surface area contributed by atoms with Crippen LogP contribution >= 0.6 is 0 Å². The molecule has 2 fully saturated rings. The van der Waals surface area contributed by atoms with E-state index < -0.39 is 0 Å². The van der Waals surface area contributed by atoms with Crippen molar-refractivity contribution in [3.63, 3.8) is 0 Å². The molecule has 0 amide bonds. The summed E-state index contributed by atoms with van der Waals surface area (Å²) in [7, 11) is 5.51. The topological polar surface area (TPSA) is 46.5 Å². The Balaban J connectivity index is 1.54. The van der Waals surface area contributed by atoms with Crippen LogP contribution in [0.1, 0.15) is 37.7 Å². The maximum atomic E-state index is 5.70. The maximum absolute atomic E-state index is 5.70. The molecule has 29 heavy (non-hydrogen) atoms. The van der Waals surface area contributed by atoms with E-state index in [1.54, 1.807) is 14.2 Å². The normalized spacial score (nSPS) is 21.5. The summed E-state index contributed by atoms with van der Waals surface area (Å²) in [4.78, 5) is 10.6. The molecule has 0 N–H and O–H groups in total. The van der Waals surface area contributed by atoms with Gasteiger partial charge in [0.1, 0.15) is 6.61 Å². The number of likely N-dealkylation sites (N-methyl/N-ethyl adjacent to an activating group) is 1. The molecule has 1 aromatic rings. The van der Waals surface area contributed by atoms with E-state index in [9.17, 15) is 0 Å². The average Bonchev–Trinajstić information content (AvgIpc) is 2.75. The first-order valence-electron chi connectivity index (χ1n) is 10.7. The Morgan fingerprint density at radius 1 is 1.00 bits per heavy atom. The zero-order valence-electron chi connectivity index (χ0n) is 18.2. The van der Waals surface area contributed by atoms with Gasteiger partial charge < -0.3 is 24.1 Å². The molecule has 2 aliphatic rings. The second kappa shape index (κ2) is 11.2. The molecule has 0 atom stereocenters. The smallest absolute Gasteiger partial charge is 0.161 e. The number of nitrogens with zero attached hydrogens (tertiary/aromatic N) is 3. The van der Waals surface area contributed by atoms with Crippen LogP contribution in [-0.4, -0.2) is 76.1 Å². The zero-order valence-corrected chi connectivity index (χ0v) is 18.2. The average molecular weight is 402 g/mol. The molecular formula is C23H35N3O3. The van der Waals surface area contributed by atoms with E-state index in [1.165, 1.54) is 18.4 Å². The number of hydrogen-bond acceptors (Lipinski definition) is 6. The number of methoxy groups -OCH3 is 2. The summed E-state index contributed by atoms with van der Waals surface area (Å²) >= 11 is 0. The summed E-state index contributed by atoms with van der Waals surface area (Å²) in [6, 6.07) is 6.01. The Bertz CT molecular complexity index is 709. The van der Waals surface area contributed by atoms with Gasteiger partial charge in [-0.3, -0.25) is 0 Å². The fourth-order valence-electron chi connectivity index (χ4n) is 3.86. The van der Waals surface area contributed by atoms with Crippen LogP contribution in [0.3, 0.4) is 0 Å². The summed E-state index contributed by atoms with van der Waals surface area (Å²) in [5.41, 5.74) is 3.45. The first-order valence-corrected chi connectivity index (χ1v) is 10.7. The van der Waals surface area contributed by atoms with Crippen molar-refractivity contribution in [3.05, 3.63) is 29.3 Å². The van der Waals surface area contributed by atoms with Gasteiger partial charge in [-0.25, -0.2) is 0 Å². The number of hydrogen-bond donors (Lipinski definition) is 0. The fourth-order valence-corrected chi connectivity index (χ4v) is 3.86. The van der Waals surface area contributed by atoms with Crippen LogP contribution in [0.15, 0.2) is 28.9 Å². The Morgan fingerprint density at radius 2 is 1.76 bits per heavy atom. The van der Waals surface area contributed by atoms with Crippen molar-refractivity contribution < 1.29 is 14.3 Å². The van der Waals surface area contributed by atoms with Crippen molar-refractivity contribution >= 4 is 11.8 Å². The van der Waals surface area contributed by atoms with Gasteiger partial charge in [-0.2, -0.15) is 0 Å². The minimum Gasteiger partial charge on any atom is -0.493 e. The fraction of sp³-hybridized carbons (Fsp3) is 0.609. The molecule has 1 aromatic carbocycles. The van der Waals surface area contributed by atoms with Crippen molar-refractivity contribution in [1.29, 1.82) is 0 Å². The molecule has 0 aromatic heterocycles. The van der Waals surface area contributed by atoms with Crippen LogP contribution in [0.4, 0.5) is 0 Å². The summed E-state index contributed by atoms with van der Waals surface area (Å²) in [5.74, 6) is 1.49. The van der Waals surface area contributed by atoms with E-state index >= 15 is 0 Å². The van der Waals surface area contributed by atoms with Gasteiger partial charge in [-0.05, 0) is 68.5 Å². The van der Waals surface area contributed by atoms with Gasteiger partial charge in [0.05, 0.1) is 19.9 Å². The second-order valence-corrected chi connectivity index (χ2v) is 7.86. The number of piperazine rings is 1. The maximum Gasteiger partial charge on any atom is 0.161 e. The van der Waals surface area contributed by atoms with Gasteiger partial charge in [0.25, 0.3) is 0 Å². The van der Waals surface area contributed by atoms with Crippen LogP contribution in [-0.2, 0) is 4.84 Å². The van der Waals surface area contributed by atoms with Gasteiger partial charge in [0.15, 0.2) is 11.5 Å². The first kappa shape index (κ1) is 21.7. The molecule has 6 heteroatoms. The monoisotopic (exact) mass is 401 g/mol. The van der Waals surface area contributed by atoms with Crippen LogP contribution in [0.5, 0.6) is 11.5 Å². The van der Waals surface area contributed by atoms with Gasteiger partial charge in [0, 0.05) is 32.7 Å². The van der Waals surface area contributed by atoms with E-state index in [-0.39, 0.29) is 0 Å². The quantitative estimate of drug-likeness (QED) is 0.491. The molecule has 1 saturated heterocycles. The van der Waals surface area contributed by atoms with E-state index in [2.05, 4.69) is 34.1 Å². The van der Waals surface area contributed by atoms with Gasteiger partial charge >= 0.3 is 0 Å². The third-order valence-corrected chi connectivity index (χ3v) is 5.71. The van der Waals surface area contributed by atoms with Gasteiger partial charge in [0.2, 0.25) is 0 Å². The summed E-state index contributed by atoms with van der Waals surface area (Å²) < 4.78 is 10.8. The molecule has 0 bridgehead atoms. The predicted octanol–water partition coefficient (Wildman–Crippen LogP) is 3.67. The summed E-state index contributed by atoms with van der Waals surface area (Å²) in [6.45, 7) is 6.40. The van der Waals surface area contributed by atoms with Gasteiger partial charge in [-0.15, -0.1) is 0 Å². The minimum atomic E-state index is 0.680. The lowest BCUT2D eigenvalue weighted by Gasteiger charge is -2.32. The lowest BCUT2D eigenvalue weighted by molar-refractivity contribution is 0.110. The van der Waals surface area contributed by atoms with Crippen LogP contribution < -0.4 is 9.47 Å². The third-order valence-electron chi connectivity index (χ3n) is 5.71. The largest absolute Gasteiger partial charge is 0.493 e. The number of allylic oxidation sites excluding steroid dienone is 1.